The van der Waals surface area contributed by atoms with E-state index in [9.17, 15) is 19.8 Å². The molecule has 4 rings (SSSR count). The number of rotatable bonds is 5. The van der Waals surface area contributed by atoms with E-state index >= 15 is 0 Å². The first-order valence-electron chi connectivity index (χ1n) is 12.2. The first kappa shape index (κ1) is 25.2. The summed E-state index contributed by atoms with van der Waals surface area (Å²) in [5.41, 5.74) is 0.111. The standard InChI is InChI=1S/C24H36N6O5/c1-24(2,3)35-23(34)29-8-5-14(6-9-29)12-26-22(33)16-11-17(19(32)18(16)31)30-10-7-15-20(25-4)27-13-28-21(15)30/h7,10,13-14,16-19,31-32H,5-6,8-9,11-12H2,1-4H3,(H,26,33)(H,25,27,28)/t16-,17+,18+,19-/m0/s1. The van der Waals surface area contributed by atoms with Gasteiger partial charge in [-0.3, -0.25) is 4.79 Å². The fraction of sp³-hybridized carbons (Fsp3) is 0.667. The maximum Gasteiger partial charge on any atom is 0.410 e. The van der Waals surface area contributed by atoms with Crippen molar-refractivity contribution in [2.24, 2.45) is 11.8 Å². The van der Waals surface area contributed by atoms with Crippen LogP contribution < -0.4 is 10.6 Å². The average Bonchev–Trinajstić information content (AvgIpc) is 3.37. The Morgan fingerprint density at radius 3 is 2.54 bits per heavy atom. The van der Waals surface area contributed by atoms with Gasteiger partial charge in [-0.25, -0.2) is 14.8 Å². The number of hydrogen-bond donors (Lipinski definition) is 4. The van der Waals surface area contributed by atoms with Crippen LogP contribution in [0.2, 0.25) is 0 Å². The molecule has 0 unspecified atom stereocenters. The SMILES string of the molecule is CNc1ncnc2c1ccn2[C@@H]1C[C@H](C(=O)NCC2CCN(C(=O)OC(C)(C)C)CC2)[C@@H](O)[C@H]1O. The normalized spacial score (nSPS) is 25.6. The highest BCUT2D eigenvalue weighted by molar-refractivity contribution is 5.87. The van der Waals surface area contributed by atoms with Gasteiger partial charge in [-0.15, -0.1) is 0 Å². The van der Waals surface area contributed by atoms with Crippen LogP contribution in [0.3, 0.4) is 0 Å². The molecule has 2 fully saturated rings. The molecule has 0 aromatic carbocycles. The van der Waals surface area contributed by atoms with Gasteiger partial charge in [0.05, 0.1) is 23.4 Å². The van der Waals surface area contributed by atoms with E-state index in [2.05, 4.69) is 20.6 Å². The number of aliphatic hydroxyl groups excluding tert-OH is 2. The third-order valence-electron chi connectivity index (χ3n) is 6.92. The molecule has 2 aromatic rings. The number of nitrogens with one attached hydrogen (secondary N) is 2. The number of nitrogens with zero attached hydrogens (tertiary/aromatic N) is 4. The van der Waals surface area contributed by atoms with Gasteiger partial charge in [0.2, 0.25) is 5.91 Å². The summed E-state index contributed by atoms with van der Waals surface area (Å²) >= 11 is 0. The summed E-state index contributed by atoms with van der Waals surface area (Å²) < 4.78 is 7.24. The summed E-state index contributed by atoms with van der Waals surface area (Å²) in [6, 6.07) is 1.38. The van der Waals surface area contributed by atoms with Gasteiger partial charge in [-0.2, -0.15) is 0 Å². The van der Waals surface area contributed by atoms with Crippen molar-refractivity contribution in [3.63, 3.8) is 0 Å². The molecule has 11 nitrogen and oxygen atoms in total. The molecular weight excluding hydrogens is 452 g/mol. The number of amides is 2. The number of aliphatic hydroxyl groups is 2. The van der Waals surface area contributed by atoms with E-state index in [0.29, 0.717) is 37.5 Å². The summed E-state index contributed by atoms with van der Waals surface area (Å²) in [6.07, 6.45) is 2.51. The Morgan fingerprint density at radius 2 is 1.89 bits per heavy atom. The lowest BCUT2D eigenvalue weighted by Gasteiger charge is -2.33. The minimum absolute atomic E-state index is 0.238. The highest BCUT2D eigenvalue weighted by Gasteiger charge is 2.46. The summed E-state index contributed by atoms with van der Waals surface area (Å²) in [6.45, 7) is 7.17. The molecule has 35 heavy (non-hydrogen) atoms. The van der Waals surface area contributed by atoms with Crippen LogP contribution in [-0.4, -0.2) is 86.1 Å². The van der Waals surface area contributed by atoms with E-state index in [0.717, 1.165) is 18.2 Å². The molecule has 2 aliphatic rings. The number of anilines is 1. The number of likely N-dealkylation sites (tertiary alicyclic amines) is 1. The Labute approximate surface area is 204 Å². The molecule has 192 valence electrons. The molecule has 0 radical (unpaired) electrons. The summed E-state index contributed by atoms with van der Waals surface area (Å²) in [5.74, 6) is -0.0775. The Kier molecular flexibility index (Phi) is 7.18. The fourth-order valence-electron chi connectivity index (χ4n) is 5.00. The van der Waals surface area contributed by atoms with E-state index < -0.39 is 29.8 Å². The number of aromatic nitrogens is 3. The van der Waals surface area contributed by atoms with Gasteiger partial charge < -0.3 is 35.1 Å². The van der Waals surface area contributed by atoms with Crippen molar-refractivity contribution >= 4 is 28.9 Å². The van der Waals surface area contributed by atoms with E-state index in [4.69, 9.17) is 4.74 Å². The second-order valence-electron chi connectivity index (χ2n) is 10.5. The van der Waals surface area contributed by atoms with E-state index in [1.165, 1.54) is 6.33 Å². The molecule has 4 atom stereocenters. The molecule has 0 bridgehead atoms. The minimum atomic E-state index is -1.17. The Bertz CT molecular complexity index is 1060. The van der Waals surface area contributed by atoms with Gasteiger partial charge in [0.15, 0.2) is 0 Å². The lowest BCUT2D eigenvalue weighted by Crippen LogP contribution is -2.45. The summed E-state index contributed by atoms with van der Waals surface area (Å²) in [5, 5.41) is 28.2. The van der Waals surface area contributed by atoms with Crippen molar-refractivity contribution in [3.05, 3.63) is 18.6 Å². The van der Waals surface area contributed by atoms with Gasteiger partial charge in [-0.1, -0.05) is 0 Å². The van der Waals surface area contributed by atoms with Gasteiger partial charge in [0.25, 0.3) is 0 Å². The Hall–Kier alpha value is -2.92. The van der Waals surface area contributed by atoms with Crippen LogP contribution in [0.1, 0.15) is 46.1 Å². The number of piperidine rings is 1. The second kappa shape index (κ2) is 9.98. The minimum Gasteiger partial charge on any atom is -0.444 e. The van der Waals surface area contributed by atoms with Crippen molar-refractivity contribution in [1.82, 2.24) is 24.8 Å². The second-order valence-corrected chi connectivity index (χ2v) is 10.5. The van der Waals surface area contributed by atoms with Crippen molar-refractivity contribution in [2.75, 3.05) is 32.0 Å². The van der Waals surface area contributed by atoms with E-state index in [-0.39, 0.29) is 17.9 Å². The summed E-state index contributed by atoms with van der Waals surface area (Å²) in [4.78, 5) is 35.4. The van der Waals surface area contributed by atoms with Crippen LogP contribution >= 0.6 is 0 Å². The average molecular weight is 489 g/mol. The molecule has 11 heteroatoms. The van der Waals surface area contributed by atoms with Crippen LogP contribution in [0.5, 0.6) is 0 Å². The fourth-order valence-corrected chi connectivity index (χ4v) is 5.00. The quantitative estimate of drug-likeness (QED) is 0.496. The first-order valence-corrected chi connectivity index (χ1v) is 12.2. The highest BCUT2D eigenvalue weighted by Crippen LogP contribution is 2.38. The Balaban J connectivity index is 1.32. The number of carbonyl (C=O) groups is 2. The van der Waals surface area contributed by atoms with Gasteiger partial charge in [-0.05, 0) is 52.0 Å². The molecular formula is C24H36N6O5. The maximum absolute atomic E-state index is 12.9. The zero-order chi connectivity index (χ0) is 25.3. The predicted octanol–water partition coefficient (Wildman–Crippen LogP) is 1.52. The van der Waals surface area contributed by atoms with Crippen LogP contribution in [-0.2, 0) is 9.53 Å². The van der Waals surface area contributed by atoms with Crippen molar-refractivity contribution in [3.8, 4) is 0 Å². The third-order valence-corrected chi connectivity index (χ3v) is 6.92. The lowest BCUT2D eigenvalue weighted by molar-refractivity contribution is -0.129. The van der Waals surface area contributed by atoms with Crippen molar-refractivity contribution in [1.29, 1.82) is 0 Å². The molecule has 1 aliphatic heterocycles. The molecule has 0 spiro atoms. The molecule has 2 amide bonds. The van der Waals surface area contributed by atoms with Gasteiger partial charge in [0, 0.05) is 32.9 Å². The van der Waals surface area contributed by atoms with Gasteiger partial charge in [0.1, 0.15) is 29.5 Å². The predicted molar refractivity (Wildman–Crippen MR) is 130 cm³/mol. The monoisotopic (exact) mass is 488 g/mol. The van der Waals surface area contributed by atoms with Crippen molar-refractivity contribution in [2.45, 2.75) is 63.9 Å². The molecule has 3 heterocycles. The number of fused-ring (bicyclic) bond motifs is 1. The molecule has 1 saturated carbocycles. The lowest BCUT2D eigenvalue weighted by atomic mass is 9.96. The summed E-state index contributed by atoms with van der Waals surface area (Å²) in [7, 11) is 1.77. The first-order chi connectivity index (χ1) is 16.6. The molecule has 2 aromatic heterocycles. The van der Waals surface area contributed by atoms with E-state index in [1.807, 2.05) is 31.4 Å². The van der Waals surface area contributed by atoms with Crippen molar-refractivity contribution < 1.29 is 24.5 Å². The largest absolute Gasteiger partial charge is 0.444 e. The van der Waals surface area contributed by atoms with Gasteiger partial charge >= 0.3 is 6.09 Å². The molecule has 1 saturated heterocycles. The maximum atomic E-state index is 12.9. The number of hydrogen-bond acceptors (Lipinski definition) is 8. The molecule has 1 aliphatic carbocycles. The van der Waals surface area contributed by atoms with E-state index in [1.54, 1.807) is 18.1 Å². The topological polar surface area (TPSA) is 142 Å². The van der Waals surface area contributed by atoms with Crippen LogP contribution in [0.25, 0.3) is 11.0 Å². The molecule has 4 N–H and O–H groups in total. The number of ether oxygens (including phenoxy) is 1. The Morgan fingerprint density at radius 1 is 1.17 bits per heavy atom. The number of carbonyl (C=O) groups excluding carboxylic acids is 2. The van der Waals surface area contributed by atoms with Crippen LogP contribution in [0.4, 0.5) is 10.6 Å². The zero-order valence-electron chi connectivity index (χ0n) is 20.8. The van der Waals surface area contributed by atoms with Crippen LogP contribution in [0, 0.1) is 11.8 Å². The van der Waals surface area contributed by atoms with Crippen LogP contribution in [0.15, 0.2) is 18.6 Å². The highest BCUT2D eigenvalue weighted by atomic mass is 16.6. The third kappa shape index (κ3) is 5.35. The smallest absolute Gasteiger partial charge is 0.410 e. The zero-order valence-corrected chi connectivity index (χ0v) is 20.8.